The van der Waals surface area contributed by atoms with Crippen molar-refractivity contribution in [2.75, 3.05) is 27.2 Å². The standard InChI is InChI=1S/C17H25N3O2/c1-19(2)16(21)13-18-17(22)20-12-8-4-7-11-15(20)14-9-5-3-6-10-14/h3,5-6,9-10,15H,4,7-8,11-13H2,1-2H3,(H,18,22). The number of likely N-dealkylation sites (tertiary alicyclic amines) is 1. The lowest BCUT2D eigenvalue weighted by molar-refractivity contribution is -0.127. The van der Waals surface area contributed by atoms with Crippen molar-refractivity contribution in [1.29, 1.82) is 0 Å². The van der Waals surface area contributed by atoms with Crippen molar-refractivity contribution in [3.05, 3.63) is 35.9 Å². The Kier molecular flexibility index (Phi) is 5.81. The highest BCUT2D eigenvalue weighted by atomic mass is 16.2. The number of carbonyl (C=O) groups is 2. The number of hydrogen-bond donors (Lipinski definition) is 1. The molecule has 22 heavy (non-hydrogen) atoms. The maximum Gasteiger partial charge on any atom is 0.318 e. The van der Waals surface area contributed by atoms with Crippen LogP contribution in [0.5, 0.6) is 0 Å². The van der Waals surface area contributed by atoms with E-state index in [-0.39, 0.29) is 24.5 Å². The number of benzene rings is 1. The zero-order valence-corrected chi connectivity index (χ0v) is 13.4. The van der Waals surface area contributed by atoms with Gasteiger partial charge in [-0.05, 0) is 18.4 Å². The minimum absolute atomic E-state index is 0.0455. The fourth-order valence-electron chi connectivity index (χ4n) is 2.78. The van der Waals surface area contributed by atoms with Gasteiger partial charge in [0.1, 0.15) is 0 Å². The Morgan fingerprint density at radius 3 is 2.59 bits per heavy atom. The maximum atomic E-state index is 12.5. The summed E-state index contributed by atoms with van der Waals surface area (Å²) in [4.78, 5) is 27.5. The van der Waals surface area contributed by atoms with Gasteiger partial charge in [-0.2, -0.15) is 0 Å². The molecule has 1 fully saturated rings. The van der Waals surface area contributed by atoms with E-state index in [1.54, 1.807) is 14.1 Å². The molecule has 1 N–H and O–H groups in total. The van der Waals surface area contributed by atoms with Crippen LogP contribution in [0.3, 0.4) is 0 Å². The molecule has 1 saturated heterocycles. The van der Waals surface area contributed by atoms with E-state index in [2.05, 4.69) is 17.4 Å². The largest absolute Gasteiger partial charge is 0.347 e. The SMILES string of the molecule is CN(C)C(=O)CNC(=O)N1CCCCCC1c1ccccc1. The van der Waals surface area contributed by atoms with Crippen LogP contribution in [0.2, 0.25) is 0 Å². The third-order valence-corrected chi connectivity index (χ3v) is 4.09. The first-order valence-corrected chi connectivity index (χ1v) is 7.89. The van der Waals surface area contributed by atoms with E-state index in [1.165, 1.54) is 10.5 Å². The molecular weight excluding hydrogens is 278 g/mol. The Hall–Kier alpha value is -2.04. The van der Waals surface area contributed by atoms with Crippen LogP contribution in [-0.4, -0.2) is 48.9 Å². The van der Waals surface area contributed by atoms with E-state index in [4.69, 9.17) is 0 Å². The van der Waals surface area contributed by atoms with Crippen molar-refractivity contribution in [3.63, 3.8) is 0 Å². The van der Waals surface area contributed by atoms with Gasteiger partial charge in [-0.15, -0.1) is 0 Å². The van der Waals surface area contributed by atoms with Gasteiger partial charge in [0.2, 0.25) is 5.91 Å². The Morgan fingerprint density at radius 1 is 1.18 bits per heavy atom. The Labute approximate surface area is 132 Å². The summed E-state index contributed by atoms with van der Waals surface area (Å²) in [5, 5.41) is 2.76. The van der Waals surface area contributed by atoms with Crippen molar-refractivity contribution >= 4 is 11.9 Å². The third-order valence-electron chi connectivity index (χ3n) is 4.09. The molecule has 5 heteroatoms. The molecule has 1 aromatic carbocycles. The van der Waals surface area contributed by atoms with E-state index < -0.39 is 0 Å². The van der Waals surface area contributed by atoms with Crippen LogP contribution >= 0.6 is 0 Å². The summed E-state index contributed by atoms with van der Waals surface area (Å²) in [6.07, 6.45) is 4.25. The molecule has 1 aliphatic heterocycles. The van der Waals surface area contributed by atoms with Crippen molar-refractivity contribution < 1.29 is 9.59 Å². The van der Waals surface area contributed by atoms with E-state index in [1.807, 2.05) is 23.1 Å². The molecule has 0 radical (unpaired) electrons. The third kappa shape index (κ3) is 4.23. The summed E-state index contributed by atoms with van der Waals surface area (Å²) >= 11 is 0. The Bertz CT molecular complexity index is 502. The highest BCUT2D eigenvalue weighted by molar-refractivity contribution is 5.83. The predicted molar refractivity (Wildman–Crippen MR) is 86.4 cm³/mol. The number of likely N-dealkylation sites (N-methyl/N-ethyl adjacent to an activating group) is 1. The van der Waals surface area contributed by atoms with Gasteiger partial charge in [0.15, 0.2) is 0 Å². The van der Waals surface area contributed by atoms with Crippen LogP contribution < -0.4 is 5.32 Å². The van der Waals surface area contributed by atoms with Gasteiger partial charge in [0, 0.05) is 20.6 Å². The van der Waals surface area contributed by atoms with E-state index in [0.717, 1.165) is 32.2 Å². The zero-order valence-electron chi connectivity index (χ0n) is 13.4. The molecule has 2 rings (SSSR count). The molecule has 0 aromatic heterocycles. The monoisotopic (exact) mass is 303 g/mol. The van der Waals surface area contributed by atoms with Crippen LogP contribution in [0.15, 0.2) is 30.3 Å². The first-order valence-electron chi connectivity index (χ1n) is 7.89. The smallest absolute Gasteiger partial charge is 0.318 e. The number of nitrogens with one attached hydrogen (secondary N) is 1. The normalized spacial score (nSPS) is 18.5. The average Bonchev–Trinajstić information content (AvgIpc) is 2.78. The molecule has 0 aliphatic carbocycles. The average molecular weight is 303 g/mol. The van der Waals surface area contributed by atoms with E-state index in [9.17, 15) is 9.59 Å². The van der Waals surface area contributed by atoms with Gasteiger partial charge in [-0.3, -0.25) is 4.79 Å². The topological polar surface area (TPSA) is 52.7 Å². The lowest BCUT2D eigenvalue weighted by Gasteiger charge is -2.30. The summed E-state index contributed by atoms with van der Waals surface area (Å²) in [6.45, 7) is 0.783. The molecule has 0 bridgehead atoms. The number of rotatable bonds is 3. The van der Waals surface area contributed by atoms with Gasteiger partial charge in [-0.25, -0.2) is 4.79 Å². The van der Waals surface area contributed by atoms with Gasteiger partial charge < -0.3 is 15.1 Å². The number of amides is 3. The first kappa shape index (κ1) is 16.3. The van der Waals surface area contributed by atoms with Gasteiger partial charge in [-0.1, -0.05) is 43.2 Å². The molecule has 1 heterocycles. The van der Waals surface area contributed by atoms with Crippen molar-refractivity contribution in [2.24, 2.45) is 0 Å². The molecule has 0 saturated carbocycles. The highest BCUT2D eigenvalue weighted by Gasteiger charge is 2.26. The lowest BCUT2D eigenvalue weighted by Crippen LogP contribution is -2.45. The molecule has 1 unspecified atom stereocenters. The number of nitrogens with zero attached hydrogens (tertiary/aromatic N) is 2. The molecule has 120 valence electrons. The van der Waals surface area contributed by atoms with Crippen molar-refractivity contribution in [3.8, 4) is 0 Å². The number of hydrogen-bond acceptors (Lipinski definition) is 2. The van der Waals surface area contributed by atoms with E-state index in [0.29, 0.717) is 0 Å². The highest BCUT2D eigenvalue weighted by Crippen LogP contribution is 2.29. The molecule has 0 spiro atoms. The summed E-state index contributed by atoms with van der Waals surface area (Å²) in [6, 6.07) is 10.1. The fourth-order valence-corrected chi connectivity index (χ4v) is 2.78. The van der Waals surface area contributed by atoms with Crippen LogP contribution in [0.4, 0.5) is 4.79 Å². The van der Waals surface area contributed by atoms with Gasteiger partial charge >= 0.3 is 6.03 Å². The van der Waals surface area contributed by atoms with Crippen molar-refractivity contribution in [2.45, 2.75) is 31.7 Å². The first-order chi connectivity index (χ1) is 10.6. The summed E-state index contributed by atoms with van der Waals surface area (Å²) in [7, 11) is 3.38. The van der Waals surface area contributed by atoms with Crippen LogP contribution in [-0.2, 0) is 4.79 Å². The molecule has 1 aromatic rings. The van der Waals surface area contributed by atoms with E-state index >= 15 is 0 Å². The Morgan fingerprint density at radius 2 is 1.91 bits per heavy atom. The van der Waals surface area contributed by atoms with Crippen LogP contribution in [0, 0.1) is 0 Å². The van der Waals surface area contributed by atoms with Crippen LogP contribution in [0.25, 0.3) is 0 Å². The molecule has 1 aliphatic rings. The number of carbonyl (C=O) groups excluding carboxylic acids is 2. The fraction of sp³-hybridized carbons (Fsp3) is 0.529. The quantitative estimate of drug-likeness (QED) is 0.932. The van der Waals surface area contributed by atoms with Crippen molar-refractivity contribution in [1.82, 2.24) is 15.1 Å². The number of urea groups is 1. The molecule has 3 amide bonds. The lowest BCUT2D eigenvalue weighted by atomic mass is 10.0. The minimum Gasteiger partial charge on any atom is -0.347 e. The zero-order chi connectivity index (χ0) is 15.9. The Balaban J connectivity index is 2.07. The van der Waals surface area contributed by atoms with Crippen LogP contribution in [0.1, 0.15) is 37.3 Å². The summed E-state index contributed by atoms with van der Waals surface area (Å²) in [5.41, 5.74) is 1.17. The molecular formula is C17H25N3O2. The molecule has 5 nitrogen and oxygen atoms in total. The molecule has 1 atom stereocenters. The van der Waals surface area contributed by atoms with Gasteiger partial charge in [0.25, 0.3) is 0 Å². The summed E-state index contributed by atoms with van der Waals surface area (Å²) in [5.74, 6) is -0.0977. The van der Waals surface area contributed by atoms with Gasteiger partial charge in [0.05, 0.1) is 12.6 Å². The summed E-state index contributed by atoms with van der Waals surface area (Å²) < 4.78 is 0. The predicted octanol–water partition coefficient (Wildman–Crippen LogP) is 2.40. The second-order valence-corrected chi connectivity index (χ2v) is 5.92. The minimum atomic E-state index is -0.147. The maximum absolute atomic E-state index is 12.5. The second-order valence-electron chi connectivity index (χ2n) is 5.92. The second kappa shape index (κ2) is 7.82.